The quantitative estimate of drug-likeness (QED) is 0.845. The molecule has 7 nitrogen and oxygen atoms in total. The smallest absolute Gasteiger partial charge is 0.265 e. The molecule has 2 aromatic rings. The summed E-state index contributed by atoms with van der Waals surface area (Å²) in [6, 6.07) is 14.8. The van der Waals surface area contributed by atoms with E-state index in [0.29, 0.717) is 24.4 Å². The van der Waals surface area contributed by atoms with Gasteiger partial charge in [-0.1, -0.05) is 24.3 Å². The number of para-hydroxylation sites is 2. The minimum Gasteiger partial charge on any atom is -0.482 e. The van der Waals surface area contributed by atoms with Crippen molar-refractivity contribution in [1.29, 1.82) is 0 Å². The first-order chi connectivity index (χ1) is 14.1. The largest absolute Gasteiger partial charge is 0.482 e. The second-order valence-corrected chi connectivity index (χ2v) is 7.19. The van der Waals surface area contributed by atoms with Crippen molar-refractivity contribution in [3.63, 3.8) is 0 Å². The summed E-state index contributed by atoms with van der Waals surface area (Å²) in [7, 11) is 0. The number of nitrogens with zero attached hydrogens (tertiary/aromatic N) is 2. The molecule has 0 unspecified atom stereocenters. The van der Waals surface area contributed by atoms with Crippen molar-refractivity contribution in [1.82, 2.24) is 5.32 Å². The molecule has 2 aliphatic rings. The maximum atomic E-state index is 12.5. The van der Waals surface area contributed by atoms with Crippen molar-refractivity contribution < 1.29 is 19.1 Å². The Morgan fingerprint density at radius 3 is 2.76 bits per heavy atom. The highest BCUT2D eigenvalue weighted by molar-refractivity contribution is 6.02. The van der Waals surface area contributed by atoms with Crippen molar-refractivity contribution >= 4 is 29.1 Å². The number of hydrogen-bond donors (Lipinski definition) is 1. The maximum absolute atomic E-state index is 12.5. The van der Waals surface area contributed by atoms with E-state index < -0.39 is 0 Å². The van der Waals surface area contributed by atoms with Crippen LogP contribution < -0.4 is 19.9 Å². The number of benzene rings is 2. The molecule has 7 heteroatoms. The van der Waals surface area contributed by atoms with Gasteiger partial charge in [-0.2, -0.15) is 0 Å². The Balaban J connectivity index is 1.38. The summed E-state index contributed by atoms with van der Waals surface area (Å²) in [5.74, 6) is 0.236. The van der Waals surface area contributed by atoms with Crippen molar-refractivity contribution in [2.75, 3.05) is 29.5 Å². The molecule has 0 aromatic heterocycles. The van der Waals surface area contributed by atoms with Crippen molar-refractivity contribution in [2.24, 2.45) is 0 Å². The fraction of sp³-hybridized carbons (Fsp3) is 0.318. The summed E-state index contributed by atoms with van der Waals surface area (Å²) in [4.78, 5) is 40.0. The van der Waals surface area contributed by atoms with Crippen LogP contribution in [0, 0.1) is 0 Å². The molecular weight excluding hydrogens is 370 g/mol. The lowest BCUT2D eigenvalue weighted by Gasteiger charge is -2.28. The number of ether oxygens (including phenoxy) is 1. The van der Waals surface area contributed by atoms with Gasteiger partial charge in [-0.3, -0.25) is 19.3 Å². The van der Waals surface area contributed by atoms with Gasteiger partial charge in [-0.05, 0) is 42.7 Å². The molecule has 3 amide bonds. The first kappa shape index (κ1) is 19.0. The van der Waals surface area contributed by atoms with Crippen LogP contribution in [-0.4, -0.2) is 37.4 Å². The van der Waals surface area contributed by atoms with E-state index in [0.717, 1.165) is 30.6 Å². The molecule has 0 saturated carbocycles. The SMILES string of the molecule is O=C(CN1C(=O)COc2ccccc21)NCc1cccc(N2CCCCC2=O)c1. The zero-order chi connectivity index (χ0) is 20.2. The number of amides is 3. The normalized spacial score (nSPS) is 16.3. The first-order valence-electron chi connectivity index (χ1n) is 9.80. The zero-order valence-electron chi connectivity index (χ0n) is 16.1. The highest BCUT2D eigenvalue weighted by Crippen LogP contribution is 2.31. The fourth-order valence-electron chi connectivity index (χ4n) is 3.64. The van der Waals surface area contributed by atoms with Gasteiger partial charge >= 0.3 is 0 Å². The van der Waals surface area contributed by atoms with Crippen molar-refractivity contribution in [3.05, 3.63) is 54.1 Å². The average molecular weight is 393 g/mol. The van der Waals surface area contributed by atoms with Crippen LogP contribution in [0.4, 0.5) is 11.4 Å². The molecule has 0 aliphatic carbocycles. The summed E-state index contributed by atoms with van der Waals surface area (Å²) in [6.45, 7) is 0.918. The van der Waals surface area contributed by atoms with E-state index in [-0.39, 0.29) is 30.9 Å². The Labute approximate surface area is 169 Å². The van der Waals surface area contributed by atoms with Gasteiger partial charge < -0.3 is 15.0 Å². The summed E-state index contributed by atoms with van der Waals surface area (Å²) >= 11 is 0. The molecule has 0 atom stereocenters. The molecule has 2 heterocycles. The Hall–Kier alpha value is -3.35. The fourth-order valence-corrected chi connectivity index (χ4v) is 3.64. The molecule has 0 bridgehead atoms. The first-order valence-corrected chi connectivity index (χ1v) is 9.80. The lowest BCUT2D eigenvalue weighted by Crippen LogP contribution is -2.45. The van der Waals surface area contributed by atoms with Crippen molar-refractivity contribution in [2.45, 2.75) is 25.8 Å². The van der Waals surface area contributed by atoms with Crippen LogP contribution in [0.1, 0.15) is 24.8 Å². The van der Waals surface area contributed by atoms with Crippen LogP contribution in [0.2, 0.25) is 0 Å². The van der Waals surface area contributed by atoms with Gasteiger partial charge in [0.15, 0.2) is 6.61 Å². The van der Waals surface area contributed by atoms with Gasteiger partial charge in [0, 0.05) is 25.2 Å². The predicted octanol–water partition coefficient (Wildman–Crippen LogP) is 2.25. The van der Waals surface area contributed by atoms with E-state index in [1.54, 1.807) is 23.1 Å². The minimum atomic E-state index is -0.255. The monoisotopic (exact) mass is 393 g/mol. The number of fused-ring (bicyclic) bond motifs is 1. The predicted molar refractivity (Wildman–Crippen MR) is 109 cm³/mol. The maximum Gasteiger partial charge on any atom is 0.265 e. The molecule has 4 rings (SSSR count). The molecule has 1 saturated heterocycles. The molecule has 150 valence electrons. The number of carbonyl (C=O) groups is 3. The van der Waals surface area contributed by atoms with Gasteiger partial charge in [0.05, 0.1) is 5.69 Å². The van der Waals surface area contributed by atoms with Gasteiger partial charge in [0.25, 0.3) is 5.91 Å². The average Bonchev–Trinajstić information content (AvgIpc) is 2.75. The summed E-state index contributed by atoms with van der Waals surface area (Å²) in [6.07, 6.45) is 2.52. The van der Waals surface area contributed by atoms with E-state index in [9.17, 15) is 14.4 Å². The lowest BCUT2D eigenvalue weighted by molar-refractivity contribution is -0.125. The van der Waals surface area contributed by atoms with Gasteiger partial charge in [-0.15, -0.1) is 0 Å². The van der Waals surface area contributed by atoms with Crippen LogP contribution in [-0.2, 0) is 20.9 Å². The number of rotatable bonds is 5. The van der Waals surface area contributed by atoms with E-state index in [4.69, 9.17) is 4.74 Å². The Morgan fingerprint density at radius 1 is 1.03 bits per heavy atom. The molecule has 0 spiro atoms. The third kappa shape index (κ3) is 4.23. The van der Waals surface area contributed by atoms with Crippen LogP contribution in [0.15, 0.2) is 48.5 Å². The topological polar surface area (TPSA) is 79.0 Å². The second-order valence-electron chi connectivity index (χ2n) is 7.19. The van der Waals surface area contributed by atoms with E-state index in [1.165, 1.54) is 4.90 Å². The number of nitrogens with one attached hydrogen (secondary N) is 1. The van der Waals surface area contributed by atoms with Gasteiger partial charge in [0.1, 0.15) is 12.3 Å². The Kier molecular flexibility index (Phi) is 5.46. The molecular formula is C22H23N3O4. The third-order valence-corrected chi connectivity index (χ3v) is 5.15. The van der Waals surface area contributed by atoms with Crippen LogP contribution >= 0.6 is 0 Å². The number of hydrogen-bond acceptors (Lipinski definition) is 4. The molecule has 1 N–H and O–H groups in total. The second kappa shape index (κ2) is 8.34. The van der Waals surface area contributed by atoms with Crippen molar-refractivity contribution in [3.8, 4) is 5.75 Å². The molecule has 2 aliphatic heterocycles. The Bertz CT molecular complexity index is 943. The van der Waals surface area contributed by atoms with Crippen LogP contribution in [0.25, 0.3) is 0 Å². The van der Waals surface area contributed by atoms with Crippen LogP contribution in [0.3, 0.4) is 0 Å². The highest BCUT2D eigenvalue weighted by atomic mass is 16.5. The van der Waals surface area contributed by atoms with E-state index >= 15 is 0 Å². The summed E-state index contributed by atoms with van der Waals surface area (Å²) in [5.41, 5.74) is 2.37. The third-order valence-electron chi connectivity index (χ3n) is 5.15. The summed E-state index contributed by atoms with van der Waals surface area (Å²) < 4.78 is 5.40. The summed E-state index contributed by atoms with van der Waals surface area (Å²) in [5, 5.41) is 2.86. The lowest BCUT2D eigenvalue weighted by atomic mass is 10.1. The van der Waals surface area contributed by atoms with E-state index in [1.807, 2.05) is 30.3 Å². The molecule has 0 radical (unpaired) electrons. The van der Waals surface area contributed by atoms with Crippen LogP contribution in [0.5, 0.6) is 5.75 Å². The Morgan fingerprint density at radius 2 is 1.90 bits per heavy atom. The molecule has 2 aromatic carbocycles. The standard InChI is InChI=1S/C22H23N3O4/c26-20(14-25-18-8-1-2-9-19(18)29-15-22(25)28)23-13-16-6-5-7-17(12-16)24-11-4-3-10-21(24)27/h1-2,5-9,12H,3-4,10-11,13-15H2,(H,23,26). The number of piperidine rings is 1. The molecule has 29 heavy (non-hydrogen) atoms. The molecule has 1 fully saturated rings. The zero-order valence-corrected chi connectivity index (χ0v) is 16.1. The minimum absolute atomic E-state index is 0.0660. The van der Waals surface area contributed by atoms with Gasteiger partial charge in [-0.25, -0.2) is 0 Å². The van der Waals surface area contributed by atoms with Gasteiger partial charge in [0.2, 0.25) is 11.8 Å². The number of anilines is 2. The van der Waals surface area contributed by atoms with E-state index in [2.05, 4.69) is 5.32 Å². The highest BCUT2D eigenvalue weighted by Gasteiger charge is 2.27. The number of carbonyl (C=O) groups excluding carboxylic acids is 3.